The third-order valence-corrected chi connectivity index (χ3v) is 3.22. The molecule has 0 saturated carbocycles. The Kier molecular flexibility index (Phi) is 3.13. The van der Waals surface area contributed by atoms with Gasteiger partial charge in [0, 0.05) is 5.69 Å². The number of anilines is 2. The quantitative estimate of drug-likeness (QED) is 0.828. The molecule has 1 aromatic carbocycles. The van der Waals surface area contributed by atoms with Crippen molar-refractivity contribution in [3.8, 4) is 0 Å². The molecule has 2 N–H and O–H groups in total. The van der Waals surface area contributed by atoms with Crippen LogP contribution in [0.4, 0.5) is 15.2 Å². The maximum absolute atomic E-state index is 12.9. The van der Waals surface area contributed by atoms with E-state index in [4.69, 9.17) is 12.2 Å². The van der Waals surface area contributed by atoms with E-state index < -0.39 is 0 Å². The van der Waals surface area contributed by atoms with Crippen LogP contribution in [0.2, 0.25) is 0 Å². The average Bonchev–Trinajstić information content (AvgIpc) is 2.58. The van der Waals surface area contributed by atoms with E-state index in [2.05, 4.69) is 31.4 Å². The van der Waals surface area contributed by atoms with Crippen molar-refractivity contribution in [1.29, 1.82) is 0 Å². The first kappa shape index (κ1) is 10.7. The van der Waals surface area contributed by atoms with Crippen molar-refractivity contribution >= 4 is 50.3 Å². The van der Waals surface area contributed by atoms with Crippen LogP contribution in [0.3, 0.4) is 0 Å². The van der Waals surface area contributed by atoms with Gasteiger partial charge in [0.1, 0.15) is 5.82 Å². The number of hydrogen-bond acceptors (Lipinski definition) is 4. The predicted octanol–water partition coefficient (Wildman–Crippen LogP) is 3.85. The highest BCUT2D eigenvalue weighted by Crippen LogP contribution is 2.23. The molecule has 15 heavy (non-hydrogen) atoms. The van der Waals surface area contributed by atoms with Gasteiger partial charge in [0.25, 0.3) is 0 Å². The molecule has 7 heteroatoms. The minimum atomic E-state index is -0.296. The van der Waals surface area contributed by atoms with Gasteiger partial charge in [-0.05, 0) is 46.3 Å². The first-order valence-electron chi connectivity index (χ1n) is 3.93. The van der Waals surface area contributed by atoms with E-state index in [9.17, 15) is 4.39 Å². The maximum Gasteiger partial charge on any atom is 0.208 e. The van der Waals surface area contributed by atoms with Gasteiger partial charge >= 0.3 is 0 Å². The summed E-state index contributed by atoms with van der Waals surface area (Å²) < 4.78 is 13.9. The topological polar surface area (TPSA) is 40.7 Å². The fourth-order valence-electron chi connectivity index (χ4n) is 0.981. The zero-order chi connectivity index (χ0) is 10.8. The average molecular weight is 306 g/mol. The second-order valence-corrected chi connectivity index (χ2v) is 5.19. The van der Waals surface area contributed by atoms with E-state index in [1.54, 1.807) is 12.1 Å². The number of H-pyrrole nitrogens is 1. The van der Waals surface area contributed by atoms with Crippen molar-refractivity contribution in [2.75, 3.05) is 5.32 Å². The third-order valence-electron chi connectivity index (χ3n) is 1.61. The summed E-state index contributed by atoms with van der Waals surface area (Å²) >= 11 is 9.31. The van der Waals surface area contributed by atoms with Gasteiger partial charge in [0.15, 0.2) is 3.95 Å². The van der Waals surface area contributed by atoms with Gasteiger partial charge in [0.05, 0.1) is 4.47 Å². The fraction of sp³-hybridized carbons (Fsp3) is 0. The molecule has 2 rings (SSSR count). The molecule has 78 valence electrons. The summed E-state index contributed by atoms with van der Waals surface area (Å²) in [5.74, 6) is -0.296. The molecule has 0 aliphatic carbocycles. The summed E-state index contributed by atoms with van der Waals surface area (Å²) in [4.78, 5) is 0. The molecule has 1 aromatic heterocycles. The predicted molar refractivity (Wildman–Crippen MR) is 64.7 cm³/mol. The minimum absolute atomic E-state index is 0.296. The highest BCUT2D eigenvalue weighted by Gasteiger charge is 2.02. The van der Waals surface area contributed by atoms with Crippen molar-refractivity contribution in [3.05, 3.63) is 32.4 Å². The normalized spacial score (nSPS) is 10.3. The lowest BCUT2D eigenvalue weighted by Crippen LogP contribution is -1.90. The van der Waals surface area contributed by atoms with E-state index in [-0.39, 0.29) is 5.82 Å². The van der Waals surface area contributed by atoms with E-state index in [0.29, 0.717) is 13.6 Å². The Bertz CT molecular complexity index is 537. The molecule has 0 fully saturated rings. The van der Waals surface area contributed by atoms with Gasteiger partial charge in [-0.2, -0.15) is 0 Å². The summed E-state index contributed by atoms with van der Waals surface area (Å²) in [6.07, 6.45) is 0. The summed E-state index contributed by atoms with van der Waals surface area (Å²) in [6.45, 7) is 0. The van der Waals surface area contributed by atoms with Crippen molar-refractivity contribution in [1.82, 2.24) is 10.2 Å². The van der Waals surface area contributed by atoms with Gasteiger partial charge in [-0.3, -0.25) is 5.10 Å². The Balaban J connectivity index is 2.24. The number of aromatic nitrogens is 2. The van der Waals surface area contributed by atoms with E-state index in [1.165, 1.54) is 17.4 Å². The Morgan fingerprint density at radius 2 is 2.33 bits per heavy atom. The van der Waals surface area contributed by atoms with Crippen LogP contribution in [0.1, 0.15) is 0 Å². The molecule has 0 amide bonds. The van der Waals surface area contributed by atoms with Gasteiger partial charge in [0.2, 0.25) is 5.13 Å². The Morgan fingerprint density at radius 1 is 1.53 bits per heavy atom. The van der Waals surface area contributed by atoms with Crippen molar-refractivity contribution in [3.63, 3.8) is 0 Å². The monoisotopic (exact) mass is 305 g/mol. The molecule has 0 spiro atoms. The number of aromatic amines is 1. The Morgan fingerprint density at radius 3 is 2.93 bits per heavy atom. The van der Waals surface area contributed by atoms with Crippen molar-refractivity contribution < 1.29 is 4.39 Å². The Hall–Kier alpha value is -0.790. The largest absolute Gasteiger partial charge is 0.330 e. The van der Waals surface area contributed by atoms with E-state index in [0.717, 1.165) is 5.69 Å². The van der Waals surface area contributed by atoms with E-state index in [1.807, 2.05) is 0 Å². The van der Waals surface area contributed by atoms with Crippen LogP contribution in [0, 0.1) is 9.77 Å². The number of benzene rings is 1. The molecule has 3 nitrogen and oxygen atoms in total. The number of nitrogens with zero attached hydrogens (tertiary/aromatic N) is 1. The zero-order valence-electron chi connectivity index (χ0n) is 7.25. The fourth-order valence-corrected chi connectivity index (χ4v) is 2.17. The van der Waals surface area contributed by atoms with Crippen LogP contribution in [0.25, 0.3) is 0 Å². The van der Waals surface area contributed by atoms with Crippen molar-refractivity contribution in [2.24, 2.45) is 0 Å². The lowest BCUT2D eigenvalue weighted by Gasteiger charge is -2.02. The number of nitrogens with one attached hydrogen (secondary N) is 2. The molecule has 2 aromatic rings. The van der Waals surface area contributed by atoms with Gasteiger partial charge in [-0.1, -0.05) is 11.3 Å². The van der Waals surface area contributed by atoms with Crippen LogP contribution in [0.15, 0.2) is 22.7 Å². The molecule has 0 aliphatic heterocycles. The van der Waals surface area contributed by atoms with E-state index >= 15 is 0 Å². The standard InChI is InChI=1S/C8H5BrFN3S2/c9-5-3-4(1-2-6(5)10)11-7-12-13-8(14)15-7/h1-3H,(H,11,12)(H,13,14). The third kappa shape index (κ3) is 2.61. The summed E-state index contributed by atoms with van der Waals surface area (Å²) in [5, 5.41) is 10.2. The van der Waals surface area contributed by atoms with Crippen LogP contribution in [0.5, 0.6) is 0 Å². The highest BCUT2D eigenvalue weighted by atomic mass is 79.9. The molecule has 0 bridgehead atoms. The maximum atomic E-state index is 12.9. The highest BCUT2D eigenvalue weighted by molar-refractivity contribution is 9.10. The number of rotatable bonds is 2. The first-order chi connectivity index (χ1) is 7.15. The second-order valence-electron chi connectivity index (χ2n) is 2.67. The SMILES string of the molecule is Fc1ccc(Nc2n[nH]c(=S)s2)cc1Br. The molecule has 0 aliphatic rings. The summed E-state index contributed by atoms with van der Waals surface area (Å²) in [7, 11) is 0. The Labute approximate surface area is 102 Å². The van der Waals surface area contributed by atoms with Gasteiger partial charge < -0.3 is 5.32 Å². The molecular formula is C8H5BrFN3S2. The van der Waals surface area contributed by atoms with Crippen LogP contribution < -0.4 is 5.32 Å². The summed E-state index contributed by atoms with van der Waals surface area (Å²) in [6, 6.07) is 4.64. The van der Waals surface area contributed by atoms with Crippen molar-refractivity contribution in [2.45, 2.75) is 0 Å². The number of hydrogen-bond donors (Lipinski definition) is 2. The zero-order valence-corrected chi connectivity index (χ0v) is 10.5. The van der Waals surface area contributed by atoms with Crippen LogP contribution in [-0.4, -0.2) is 10.2 Å². The van der Waals surface area contributed by atoms with Gasteiger partial charge in [-0.15, -0.1) is 5.10 Å². The van der Waals surface area contributed by atoms with Gasteiger partial charge in [-0.25, -0.2) is 4.39 Å². The molecule has 0 radical (unpaired) electrons. The molecular weight excluding hydrogens is 301 g/mol. The number of halogens is 2. The molecule has 0 unspecified atom stereocenters. The van der Waals surface area contributed by atoms with Crippen LogP contribution >= 0.6 is 39.5 Å². The second kappa shape index (κ2) is 4.38. The van der Waals surface area contributed by atoms with Crippen LogP contribution in [-0.2, 0) is 0 Å². The smallest absolute Gasteiger partial charge is 0.208 e. The molecule has 1 heterocycles. The summed E-state index contributed by atoms with van der Waals surface area (Å²) in [5.41, 5.74) is 0.751. The lowest BCUT2D eigenvalue weighted by molar-refractivity contribution is 0.621. The molecule has 0 atom stereocenters. The first-order valence-corrected chi connectivity index (χ1v) is 5.94. The molecule has 0 saturated heterocycles. The minimum Gasteiger partial charge on any atom is -0.330 e. The lowest BCUT2D eigenvalue weighted by atomic mass is 10.3.